The number of amides is 1. The van der Waals surface area contributed by atoms with Gasteiger partial charge in [-0.25, -0.2) is 15.2 Å². The number of carbonyl (C=O) groups excluding carboxylic acids is 1. The lowest BCUT2D eigenvalue weighted by Crippen LogP contribution is -2.55. The number of para-hydroxylation sites is 1. The van der Waals surface area contributed by atoms with Gasteiger partial charge in [0.25, 0.3) is 0 Å². The zero-order valence-electron chi connectivity index (χ0n) is 15.7. The minimum Gasteiger partial charge on any atom is -0.496 e. The normalized spacial score (nSPS) is 16.8. The molecule has 0 aromatic heterocycles. The maximum absolute atomic E-state index is 12.1. The van der Waals surface area contributed by atoms with E-state index < -0.39 is 17.6 Å². The number of benzene rings is 1. The topological polar surface area (TPSA) is 91.3 Å². The van der Waals surface area contributed by atoms with Crippen molar-refractivity contribution in [2.24, 2.45) is 0 Å². The number of nitrogens with zero attached hydrogens (tertiary/aromatic N) is 2. The minimum atomic E-state index is -0.996. The summed E-state index contributed by atoms with van der Waals surface area (Å²) >= 11 is 0. The maximum atomic E-state index is 12.1. The molecule has 8 heteroatoms. The van der Waals surface area contributed by atoms with Crippen LogP contribution in [0.4, 0.5) is 4.79 Å². The Morgan fingerprint density at radius 2 is 1.77 bits per heavy atom. The first-order valence-electron chi connectivity index (χ1n) is 8.56. The molecule has 1 aliphatic rings. The van der Waals surface area contributed by atoms with Gasteiger partial charge in [-0.3, -0.25) is 4.79 Å². The molecule has 144 valence electrons. The molecule has 1 fully saturated rings. The van der Waals surface area contributed by atoms with Gasteiger partial charge in [-0.2, -0.15) is 0 Å². The summed E-state index contributed by atoms with van der Waals surface area (Å²) in [6.07, 6.45) is -0.350. The van der Waals surface area contributed by atoms with Crippen LogP contribution in [-0.4, -0.2) is 66.0 Å². The lowest BCUT2D eigenvalue weighted by molar-refractivity contribution is -0.141. The van der Waals surface area contributed by atoms with E-state index in [0.29, 0.717) is 37.5 Å². The Bertz CT molecular complexity index is 636. The van der Waals surface area contributed by atoms with Gasteiger partial charge in [0.15, 0.2) is 0 Å². The van der Waals surface area contributed by atoms with Gasteiger partial charge in [-0.15, -0.1) is 0 Å². The Labute approximate surface area is 153 Å². The van der Waals surface area contributed by atoms with E-state index in [4.69, 9.17) is 9.47 Å². The molecule has 2 N–H and O–H groups in total. The molecule has 1 aliphatic heterocycles. The predicted octanol–water partition coefficient (Wildman–Crippen LogP) is 1.88. The van der Waals surface area contributed by atoms with Gasteiger partial charge in [-0.05, 0) is 26.8 Å². The molecule has 0 bridgehead atoms. The number of nitrogens with one attached hydrogen (secondary N) is 1. The second kappa shape index (κ2) is 8.37. The highest BCUT2D eigenvalue weighted by atomic mass is 16.6. The van der Waals surface area contributed by atoms with Crippen LogP contribution in [0.1, 0.15) is 32.4 Å². The highest BCUT2D eigenvalue weighted by molar-refractivity contribution is 5.76. The molecule has 0 saturated carbocycles. The van der Waals surface area contributed by atoms with Crippen molar-refractivity contribution in [3.63, 3.8) is 0 Å². The molecule has 1 unspecified atom stereocenters. The van der Waals surface area contributed by atoms with E-state index in [1.807, 2.05) is 25.8 Å². The number of hydrazine groups is 1. The molecule has 8 nitrogen and oxygen atoms in total. The smallest absolute Gasteiger partial charge is 0.410 e. The summed E-state index contributed by atoms with van der Waals surface area (Å²) in [6.45, 7) is 7.39. The Hall–Kier alpha value is -2.32. The van der Waals surface area contributed by atoms with Crippen molar-refractivity contribution >= 4 is 12.1 Å². The van der Waals surface area contributed by atoms with Gasteiger partial charge < -0.3 is 19.5 Å². The van der Waals surface area contributed by atoms with Crippen LogP contribution in [0.5, 0.6) is 5.75 Å². The van der Waals surface area contributed by atoms with Gasteiger partial charge in [-0.1, -0.05) is 18.2 Å². The van der Waals surface area contributed by atoms with Crippen molar-refractivity contribution in [3.05, 3.63) is 29.8 Å². The molecule has 1 saturated heterocycles. The zero-order chi connectivity index (χ0) is 19.3. The number of carboxylic acid groups (broad SMARTS) is 1. The number of ether oxygens (including phenoxy) is 2. The third-order valence-corrected chi connectivity index (χ3v) is 3.94. The molecule has 1 aromatic carbocycles. The first-order chi connectivity index (χ1) is 12.2. The average Bonchev–Trinajstić information content (AvgIpc) is 2.58. The van der Waals surface area contributed by atoms with E-state index >= 15 is 0 Å². The van der Waals surface area contributed by atoms with E-state index in [-0.39, 0.29) is 6.09 Å². The highest BCUT2D eigenvalue weighted by Gasteiger charge is 2.29. The van der Waals surface area contributed by atoms with Crippen LogP contribution in [0.2, 0.25) is 0 Å². The molecule has 1 heterocycles. The second-order valence-corrected chi connectivity index (χ2v) is 7.10. The first kappa shape index (κ1) is 20.0. The van der Waals surface area contributed by atoms with Crippen molar-refractivity contribution in [1.29, 1.82) is 0 Å². The minimum absolute atomic E-state index is 0.350. The van der Waals surface area contributed by atoms with E-state index in [9.17, 15) is 14.7 Å². The molecule has 26 heavy (non-hydrogen) atoms. The van der Waals surface area contributed by atoms with Gasteiger partial charge in [0, 0.05) is 31.7 Å². The van der Waals surface area contributed by atoms with E-state index in [1.165, 1.54) is 7.11 Å². The fourth-order valence-corrected chi connectivity index (χ4v) is 2.69. The second-order valence-electron chi connectivity index (χ2n) is 7.10. The number of hydrogen-bond donors (Lipinski definition) is 2. The van der Waals surface area contributed by atoms with Crippen molar-refractivity contribution in [3.8, 4) is 5.75 Å². The molecule has 0 spiro atoms. The van der Waals surface area contributed by atoms with Gasteiger partial charge in [0.2, 0.25) is 0 Å². The largest absolute Gasteiger partial charge is 0.496 e. The van der Waals surface area contributed by atoms with Crippen LogP contribution < -0.4 is 10.2 Å². The molecule has 1 aromatic rings. The summed E-state index contributed by atoms with van der Waals surface area (Å²) in [6, 6.07) is 6.09. The van der Waals surface area contributed by atoms with Crippen molar-refractivity contribution in [2.75, 3.05) is 33.3 Å². The fourth-order valence-electron chi connectivity index (χ4n) is 2.69. The summed E-state index contributed by atoms with van der Waals surface area (Å²) in [7, 11) is 1.51. The third kappa shape index (κ3) is 5.34. The predicted molar refractivity (Wildman–Crippen MR) is 95.9 cm³/mol. The maximum Gasteiger partial charge on any atom is 0.410 e. The average molecular weight is 365 g/mol. The molecular formula is C18H27N3O5. The molecular weight excluding hydrogens is 338 g/mol. The molecule has 2 rings (SSSR count). The van der Waals surface area contributed by atoms with Crippen LogP contribution in [0.3, 0.4) is 0 Å². The van der Waals surface area contributed by atoms with Crippen LogP contribution in [0.15, 0.2) is 24.3 Å². The summed E-state index contributed by atoms with van der Waals surface area (Å²) < 4.78 is 10.6. The number of piperazine rings is 1. The lowest BCUT2D eigenvalue weighted by Gasteiger charge is -2.37. The van der Waals surface area contributed by atoms with E-state index in [1.54, 1.807) is 29.2 Å². The van der Waals surface area contributed by atoms with Gasteiger partial charge in [0.05, 0.1) is 7.11 Å². The SMILES string of the molecule is COc1ccccc1C(NN1CCN(C(=O)OC(C)(C)C)CC1)C(=O)O. The lowest BCUT2D eigenvalue weighted by atomic mass is 10.1. The number of aliphatic carboxylic acids is 1. The number of rotatable bonds is 5. The Kier molecular flexibility index (Phi) is 6.44. The van der Waals surface area contributed by atoms with E-state index in [2.05, 4.69) is 5.43 Å². The molecule has 0 radical (unpaired) electrons. The summed E-state index contributed by atoms with van der Waals surface area (Å²) in [5.41, 5.74) is 3.05. The zero-order valence-corrected chi connectivity index (χ0v) is 15.7. The van der Waals surface area contributed by atoms with Crippen molar-refractivity contribution in [1.82, 2.24) is 15.3 Å². The van der Waals surface area contributed by atoms with Gasteiger partial charge in [0.1, 0.15) is 17.4 Å². The van der Waals surface area contributed by atoms with Crippen LogP contribution >= 0.6 is 0 Å². The van der Waals surface area contributed by atoms with Crippen molar-refractivity contribution < 1.29 is 24.2 Å². The Balaban J connectivity index is 1.98. The van der Waals surface area contributed by atoms with Gasteiger partial charge >= 0.3 is 12.1 Å². The van der Waals surface area contributed by atoms with Crippen LogP contribution in [0.25, 0.3) is 0 Å². The highest BCUT2D eigenvalue weighted by Crippen LogP contribution is 2.25. The third-order valence-electron chi connectivity index (χ3n) is 3.94. The van der Waals surface area contributed by atoms with Crippen LogP contribution in [-0.2, 0) is 9.53 Å². The Morgan fingerprint density at radius 1 is 1.15 bits per heavy atom. The summed E-state index contributed by atoms with van der Waals surface area (Å²) in [5.74, 6) is -0.483. The molecule has 1 amide bonds. The molecule has 1 atom stereocenters. The van der Waals surface area contributed by atoms with Crippen LogP contribution in [0, 0.1) is 0 Å². The van der Waals surface area contributed by atoms with Crippen molar-refractivity contribution in [2.45, 2.75) is 32.4 Å². The molecule has 0 aliphatic carbocycles. The fraction of sp³-hybridized carbons (Fsp3) is 0.556. The monoisotopic (exact) mass is 365 g/mol. The number of hydrogen-bond acceptors (Lipinski definition) is 6. The number of carboxylic acids is 1. The quantitative estimate of drug-likeness (QED) is 0.823. The van der Waals surface area contributed by atoms with E-state index in [0.717, 1.165) is 0 Å². The number of methoxy groups -OCH3 is 1. The standard InChI is InChI=1S/C18H27N3O5/c1-18(2,3)26-17(24)20-9-11-21(12-10-20)19-15(16(22)23)13-7-5-6-8-14(13)25-4/h5-8,15,19H,9-12H2,1-4H3,(H,22,23). The summed E-state index contributed by atoms with van der Waals surface area (Å²) in [5, 5.41) is 11.4. The first-order valence-corrected chi connectivity index (χ1v) is 8.56. The summed E-state index contributed by atoms with van der Waals surface area (Å²) in [4.78, 5) is 25.5. The number of carbonyl (C=O) groups is 2. The Morgan fingerprint density at radius 3 is 2.31 bits per heavy atom.